The van der Waals surface area contributed by atoms with Crippen molar-refractivity contribution in [1.29, 1.82) is 0 Å². The lowest BCUT2D eigenvalue weighted by Crippen LogP contribution is -2.57. The van der Waals surface area contributed by atoms with Gasteiger partial charge in [-0.1, -0.05) is 20.8 Å². The molecular formula is C14H27NO2. The molecule has 3 nitrogen and oxygen atoms in total. The monoisotopic (exact) mass is 241 g/mol. The molecule has 1 N–H and O–H groups in total. The Labute approximate surface area is 105 Å². The molecule has 0 amide bonds. The van der Waals surface area contributed by atoms with Gasteiger partial charge in [-0.15, -0.1) is 0 Å². The van der Waals surface area contributed by atoms with Gasteiger partial charge in [0.05, 0.1) is 13.0 Å². The molecule has 0 radical (unpaired) electrons. The standard InChI is InChI=1S/C14H27NO2/c1-5-7-15-14(10-13(16)17-6-2)8-12(9-14)11(3)4/h11-12,15H,5-10H2,1-4H3. The molecular weight excluding hydrogens is 214 g/mol. The van der Waals surface area contributed by atoms with Crippen molar-refractivity contribution in [3.05, 3.63) is 0 Å². The number of carbonyl (C=O) groups excluding carboxylic acids is 1. The predicted octanol–water partition coefficient (Wildman–Crippen LogP) is 2.74. The summed E-state index contributed by atoms with van der Waals surface area (Å²) in [6, 6.07) is 0. The van der Waals surface area contributed by atoms with Gasteiger partial charge in [0.25, 0.3) is 0 Å². The second kappa shape index (κ2) is 6.39. The molecule has 3 heteroatoms. The van der Waals surface area contributed by atoms with Crippen molar-refractivity contribution in [2.75, 3.05) is 13.2 Å². The molecule has 0 bridgehead atoms. The van der Waals surface area contributed by atoms with Crippen molar-refractivity contribution < 1.29 is 9.53 Å². The van der Waals surface area contributed by atoms with Crippen molar-refractivity contribution in [3.63, 3.8) is 0 Å². The summed E-state index contributed by atoms with van der Waals surface area (Å²) >= 11 is 0. The van der Waals surface area contributed by atoms with Gasteiger partial charge in [-0.05, 0) is 44.6 Å². The number of rotatable bonds is 7. The van der Waals surface area contributed by atoms with Crippen LogP contribution in [0.2, 0.25) is 0 Å². The Morgan fingerprint density at radius 1 is 1.41 bits per heavy atom. The third-order valence-electron chi connectivity index (χ3n) is 3.79. The highest BCUT2D eigenvalue weighted by Crippen LogP contribution is 2.44. The molecule has 0 spiro atoms. The van der Waals surface area contributed by atoms with E-state index in [-0.39, 0.29) is 11.5 Å². The summed E-state index contributed by atoms with van der Waals surface area (Å²) in [5.74, 6) is 1.42. The van der Waals surface area contributed by atoms with Gasteiger partial charge < -0.3 is 10.1 Å². The maximum atomic E-state index is 11.6. The largest absolute Gasteiger partial charge is 0.466 e. The van der Waals surface area contributed by atoms with E-state index < -0.39 is 0 Å². The lowest BCUT2D eigenvalue weighted by molar-refractivity contribution is -0.147. The van der Waals surface area contributed by atoms with E-state index in [2.05, 4.69) is 26.1 Å². The minimum atomic E-state index is -0.0571. The molecule has 100 valence electrons. The topological polar surface area (TPSA) is 38.3 Å². The van der Waals surface area contributed by atoms with Crippen molar-refractivity contribution >= 4 is 5.97 Å². The maximum absolute atomic E-state index is 11.6. The molecule has 0 aromatic carbocycles. The number of nitrogens with one attached hydrogen (secondary N) is 1. The number of ether oxygens (including phenoxy) is 1. The number of esters is 1. The fraction of sp³-hybridized carbons (Fsp3) is 0.929. The molecule has 0 heterocycles. The highest BCUT2D eigenvalue weighted by molar-refractivity contribution is 5.71. The van der Waals surface area contributed by atoms with Crippen LogP contribution in [0, 0.1) is 11.8 Å². The van der Waals surface area contributed by atoms with Gasteiger partial charge in [0.2, 0.25) is 0 Å². The zero-order valence-electron chi connectivity index (χ0n) is 11.7. The summed E-state index contributed by atoms with van der Waals surface area (Å²) in [5.41, 5.74) is 0.0250. The summed E-state index contributed by atoms with van der Waals surface area (Å²) in [6.45, 7) is 10.0. The van der Waals surface area contributed by atoms with E-state index in [1.807, 2.05) is 6.92 Å². The molecule has 0 aliphatic heterocycles. The molecule has 1 aliphatic rings. The Morgan fingerprint density at radius 3 is 2.53 bits per heavy atom. The molecule has 1 fully saturated rings. The van der Waals surface area contributed by atoms with Crippen LogP contribution in [0.5, 0.6) is 0 Å². The average Bonchev–Trinajstić information content (AvgIpc) is 2.21. The predicted molar refractivity (Wildman–Crippen MR) is 69.8 cm³/mol. The molecule has 0 unspecified atom stereocenters. The molecule has 1 saturated carbocycles. The third kappa shape index (κ3) is 3.98. The van der Waals surface area contributed by atoms with Gasteiger partial charge in [0.1, 0.15) is 0 Å². The van der Waals surface area contributed by atoms with Crippen LogP contribution in [-0.4, -0.2) is 24.7 Å². The summed E-state index contributed by atoms with van der Waals surface area (Å²) in [6.07, 6.45) is 3.87. The van der Waals surface area contributed by atoms with E-state index in [9.17, 15) is 4.79 Å². The lowest BCUT2D eigenvalue weighted by atomic mass is 9.62. The second-order valence-corrected chi connectivity index (χ2v) is 5.60. The molecule has 0 aromatic rings. The van der Waals surface area contributed by atoms with Gasteiger partial charge in [-0.25, -0.2) is 0 Å². The number of hydrogen-bond acceptors (Lipinski definition) is 3. The Hall–Kier alpha value is -0.570. The number of hydrogen-bond donors (Lipinski definition) is 1. The van der Waals surface area contributed by atoms with Crippen molar-refractivity contribution in [2.24, 2.45) is 11.8 Å². The van der Waals surface area contributed by atoms with Crippen LogP contribution in [0.4, 0.5) is 0 Å². The van der Waals surface area contributed by atoms with Crippen LogP contribution in [0.25, 0.3) is 0 Å². The first kappa shape index (κ1) is 14.5. The molecule has 1 aliphatic carbocycles. The van der Waals surface area contributed by atoms with Gasteiger partial charge >= 0.3 is 5.97 Å². The van der Waals surface area contributed by atoms with E-state index in [0.29, 0.717) is 18.9 Å². The van der Waals surface area contributed by atoms with Gasteiger partial charge in [0.15, 0.2) is 0 Å². The Kier molecular flexibility index (Phi) is 5.44. The quantitative estimate of drug-likeness (QED) is 0.697. The van der Waals surface area contributed by atoms with Crippen LogP contribution in [0.1, 0.15) is 53.4 Å². The molecule has 17 heavy (non-hydrogen) atoms. The van der Waals surface area contributed by atoms with E-state index in [1.165, 1.54) is 0 Å². The van der Waals surface area contributed by atoms with E-state index >= 15 is 0 Å². The first-order chi connectivity index (χ1) is 8.03. The fourth-order valence-electron chi connectivity index (χ4n) is 2.65. The summed E-state index contributed by atoms with van der Waals surface area (Å²) in [5, 5.41) is 3.56. The van der Waals surface area contributed by atoms with Crippen molar-refractivity contribution in [2.45, 2.75) is 58.9 Å². The SMILES string of the molecule is CCCNC1(CC(=O)OCC)CC(C(C)C)C1. The minimum Gasteiger partial charge on any atom is -0.466 e. The number of carbonyl (C=O) groups is 1. The highest BCUT2D eigenvalue weighted by Gasteiger charge is 2.46. The lowest BCUT2D eigenvalue weighted by Gasteiger charge is -2.50. The zero-order valence-corrected chi connectivity index (χ0v) is 11.7. The highest BCUT2D eigenvalue weighted by atomic mass is 16.5. The van der Waals surface area contributed by atoms with Crippen LogP contribution >= 0.6 is 0 Å². The molecule has 0 aromatic heterocycles. The van der Waals surface area contributed by atoms with Crippen LogP contribution in [0.15, 0.2) is 0 Å². The van der Waals surface area contributed by atoms with Gasteiger partial charge in [0, 0.05) is 5.54 Å². The summed E-state index contributed by atoms with van der Waals surface area (Å²) in [7, 11) is 0. The average molecular weight is 241 g/mol. The zero-order chi connectivity index (χ0) is 12.9. The Morgan fingerprint density at radius 2 is 2.06 bits per heavy atom. The smallest absolute Gasteiger partial charge is 0.307 e. The van der Waals surface area contributed by atoms with Crippen molar-refractivity contribution in [1.82, 2.24) is 5.32 Å². The normalized spacial score (nSPS) is 27.9. The fourth-order valence-corrected chi connectivity index (χ4v) is 2.65. The molecule has 0 atom stereocenters. The third-order valence-corrected chi connectivity index (χ3v) is 3.79. The second-order valence-electron chi connectivity index (χ2n) is 5.60. The molecule has 0 saturated heterocycles. The van der Waals surface area contributed by atoms with E-state index in [4.69, 9.17) is 4.74 Å². The van der Waals surface area contributed by atoms with E-state index in [1.54, 1.807) is 0 Å². The Bertz CT molecular complexity index is 245. The van der Waals surface area contributed by atoms with Crippen LogP contribution < -0.4 is 5.32 Å². The van der Waals surface area contributed by atoms with Gasteiger partial charge in [-0.2, -0.15) is 0 Å². The summed E-state index contributed by atoms with van der Waals surface area (Å²) < 4.78 is 5.07. The molecule has 1 rings (SSSR count). The summed E-state index contributed by atoms with van der Waals surface area (Å²) in [4.78, 5) is 11.6. The van der Waals surface area contributed by atoms with Crippen LogP contribution in [-0.2, 0) is 9.53 Å². The Balaban J connectivity index is 2.48. The van der Waals surface area contributed by atoms with E-state index in [0.717, 1.165) is 31.7 Å². The first-order valence-corrected chi connectivity index (χ1v) is 6.93. The van der Waals surface area contributed by atoms with Gasteiger partial charge in [-0.3, -0.25) is 4.79 Å². The minimum absolute atomic E-state index is 0.0250. The first-order valence-electron chi connectivity index (χ1n) is 6.93. The van der Waals surface area contributed by atoms with Crippen molar-refractivity contribution in [3.8, 4) is 0 Å². The maximum Gasteiger partial charge on any atom is 0.307 e. The van der Waals surface area contributed by atoms with Crippen LogP contribution in [0.3, 0.4) is 0 Å².